The molecule has 0 unspecified atom stereocenters. The van der Waals surface area contributed by atoms with E-state index in [0.717, 1.165) is 0 Å². The molecule has 0 bridgehead atoms. The molecule has 1 rings (SSSR count). The predicted molar refractivity (Wildman–Crippen MR) is 100 cm³/mol. The first-order valence-corrected chi connectivity index (χ1v) is 8.79. The number of carbonyl (C=O) groups excluding carboxylic acids is 1. The van der Waals surface area contributed by atoms with Crippen molar-refractivity contribution in [3.05, 3.63) is 23.8 Å². The fourth-order valence-corrected chi connectivity index (χ4v) is 2.21. The summed E-state index contributed by atoms with van der Waals surface area (Å²) in [6.07, 6.45) is 0.293. The quantitative estimate of drug-likeness (QED) is 0.424. The summed E-state index contributed by atoms with van der Waals surface area (Å²) >= 11 is 0. The van der Waals surface area contributed by atoms with Gasteiger partial charge in [0.2, 0.25) is 5.91 Å². The van der Waals surface area contributed by atoms with Crippen molar-refractivity contribution in [3.8, 4) is 11.5 Å². The van der Waals surface area contributed by atoms with Gasteiger partial charge in [0.25, 0.3) is 0 Å². The van der Waals surface area contributed by atoms with Crippen LogP contribution < -0.4 is 25.4 Å². The highest BCUT2D eigenvalue weighted by Gasteiger charge is 2.11. The van der Waals surface area contributed by atoms with E-state index in [-0.39, 0.29) is 24.2 Å². The molecule has 9 heteroatoms. The minimum absolute atomic E-state index is 0.0432. The van der Waals surface area contributed by atoms with E-state index in [2.05, 4.69) is 25.7 Å². The lowest BCUT2D eigenvalue weighted by Crippen LogP contribution is -2.40. The Kier molecular flexibility index (Phi) is 9.92. The standard InChI is InChI=1S/C18H28F2N4O3/c1-5-21-18(22-9-8-16(25)24-12(2)3)23-11-13-10-14(26-4)6-7-15(13)27-17(19)20/h6-7,10,12,17H,5,8-9,11H2,1-4H3,(H,24,25)(H2,21,22,23). The maximum Gasteiger partial charge on any atom is 0.387 e. The van der Waals surface area contributed by atoms with Crippen LogP contribution in [0.25, 0.3) is 0 Å². The first-order valence-electron chi connectivity index (χ1n) is 8.79. The van der Waals surface area contributed by atoms with Crippen LogP contribution in [0.2, 0.25) is 0 Å². The molecule has 0 aromatic heterocycles. The highest BCUT2D eigenvalue weighted by molar-refractivity contribution is 5.81. The van der Waals surface area contributed by atoms with Crippen molar-refractivity contribution < 1.29 is 23.0 Å². The second kappa shape index (κ2) is 11.9. The van der Waals surface area contributed by atoms with Gasteiger partial charge in [-0.25, -0.2) is 4.99 Å². The van der Waals surface area contributed by atoms with Crippen molar-refractivity contribution >= 4 is 11.9 Å². The van der Waals surface area contributed by atoms with Crippen LogP contribution in [0.1, 0.15) is 32.8 Å². The van der Waals surface area contributed by atoms with Crippen LogP contribution in [-0.4, -0.2) is 44.7 Å². The zero-order chi connectivity index (χ0) is 20.2. The third-order valence-electron chi connectivity index (χ3n) is 3.33. The van der Waals surface area contributed by atoms with Gasteiger partial charge in [-0.15, -0.1) is 0 Å². The normalized spacial score (nSPS) is 11.5. The van der Waals surface area contributed by atoms with Crippen molar-refractivity contribution in [2.75, 3.05) is 20.2 Å². The Morgan fingerprint density at radius 1 is 1.26 bits per heavy atom. The van der Waals surface area contributed by atoms with E-state index in [4.69, 9.17) is 4.74 Å². The number of methoxy groups -OCH3 is 1. The number of aliphatic imine (C=N–C) groups is 1. The Morgan fingerprint density at radius 2 is 2.00 bits per heavy atom. The molecule has 0 aliphatic heterocycles. The molecule has 0 heterocycles. The van der Waals surface area contributed by atoms with Crippen molar-refractivity contribution in [2.45, 2.75) is 46.4 Å². The Hall–Kier alpha value is -2.58. The minimum Gasteiger partial charge on any atom is -0.497 e. The number of guanidine groups is 1. The molecule has 0 radical (unpaired) electrons. The molecule has 3 N–H and O–H groups in total. The molecular weight excluding hydrogens is 358 g/mol. The highest BCUT2D eigenvalue weighted by atomic mass is 19.3. The molecule has 0 saturated heterocycles. The van der Waals surface area contributed by atoms with Crippen LogP contribution in [0.3, 0.4) is 0 Å². The van der Waals surface area contributed by atoms with Crippen LogP contribution in [0, 0.1) is 0 Å². The average Bonchev–Trinajstić information content (AvgIpc) is 2.59. The number of rotatable bonds is 10. The van der Waals surface area contributed by atoms with Crippen molar-refractivity contribution in [3.63, 3.8) is 0 Å². The lowest BCUT2D eigenvalue weighted by atomic mass is 10.2. The number of hydrogen-bond donors (Lipinski definition) is 3. The van der Waals surface area contributed by atoms with Gasteiger partial charge in [-0.1, -0.05) is 0 Å². The van der Waals surface area contributed by atoms with Crippen LogP contribution in [0.15, 0.2) is 23.2 Å². The molecule has 1 aromatic carbocycles. The van der Waals surface area contributed by atoms with E-state index in [9.17, 15) is 13.6 Å². The predicted octanol–water partition coefficient (Wildman–Crippen LogP) is 2.27. The number of nitrogens with one attached hydrogen (secondary N) is 3. The summed E-state index contributed by atoms with van der Waals surface area (Å²) < 4.78 is 34.8. The van der Waals surface area contributed by atoms with E-state index in [0.29, 0.717) is 36.8 Å². The topological polar surface area (TPSA) is 84.0 Å². The number of carbonyl (C=O) groups is 1. The van der Waals surface area contributed by atoms with Gasteiger partial charge in [-0.05, 0) is 39.0 Å². The number of amides is 1. The van der Waals surface area contributed by atoms with Crippen molar-refractivity contribution in [1.82, 2.24) is 16.0 Å². The highest BCUT2D eigenvalue weighted by Crippen LogP contribution is 2.26. The average molecular weight is 386 g/mol. The number of halogens is 2. The number of alkyl halides is 2. The Labute approximate surface area is 158 Å². The number of benzene rings is 1. The summed E-state index contributed by atoms with van der Waals surface area (Å²) in [5.74, 6) is 0.973. The van der Waals surface area contributed by atoms with E-state index < -0.39 is 6.61 Å². The lowest BCUT2D eigenvalue weighted by Gasteiger charge is -2.14. The third kappa shape index (κ3) is 9.07. The Balaban J connectivity index is 2.77. The van der Waals surface area contributed by atoms with Gasteiger partial charge >= 0.3 is 6.61 Å². The van der Waals surface area contributed by atoms with Crippen LogP contribution >= 0.6 is 0 Å². The molecule has 0 saturated carbocycles. The van der Waals surface area contributed by atoms with Gasteiger partial charge < -0.3 is 25.4 Å². The van der Waals surface area contributed by atoms with Gasteiger partial charge in [-0.2, -0.15) is 8.78 Å². The van der Waals surface area contributed by atoms with Gasteiger partial charge in [0, 0.05) is 31.1 Å². The number of hydrogen-bond acceptors (Lipinski definition) is 4. The summed E-state index contributed by atoms with van der Waals surface area (Å²) in [6.45, 7) is 3.87. The summed E-state index contributed by atoms with van der Waals surface area (Å²) in [4.78, 5) is 16.0. The van der Waals surface area contributed by atoms with Crippen molar-refractivity contribution in [2.24, 2.45) is 4.99 Å². The van der Waals surface area contributed by atoms with E-state index in [1.807, 2.05) is 20.8 Å². The smallest absolute Gasteiger partial charge is 0.387 e. The van der Waals surface area contributed by atoms with Gasteiger partial charge in [0.05, 0.1) is 13.7 Å². The molecule has 0 spiro atoms. The molecule has 0 aliphatic rings. The lowest BCUT2D eigenvalue weighted by molar-refractivity contribution is -0.121. The number of nitrogens with zero attached hydrogens (tertiary/aromatic N) is 1. The zero-order valence-electron chi connectivity index (χ0n) is 16.1. The molecule has 0 atom stereocenters. The Morgan fingerprint density at radius 3 is 2.59 bits per heavy atom. The molecule has 1 amide bonds. The Bertz CT molecular complexity index is 625. The first-order chi connectivity index (χ1) is 12.8. The molecule has 0 aliphatic carbocycles. The monoisotopic (exact) mass is 386 g/mol. The minimum atomic E-state index is -2.92. The summed E-state index contributed by atoms with van der Waals surface area (Å²) in [7, 11) is 1.49. The summed E-state index contributed by atoms with van der Waals surface area (Å²) in [5, 5.41) is 8.89. The molecule has 0 fully saturated rings. The van der Waals surface area contributed by atoms with Crippen molar-refractivity contribution in [1.29, 1.82) is 0 Å². The second-order valence-electron chi connectivity index (χ2n) is 5.95. The largest absolute Gasteiger partial charge is 0.497 e. The molecule has 1 aromatic rings. The fraction of sp³-hybridized carbons (Fsp3) is 0.556. The van der Waals surface area contributed by atoms with Gasteiger partial charge in [0.1, 0.15) is 11.5 Å². The first kappa shape index (κ1) is 22.5. The summed E-state index contributed by atoms with van der Waals surface area (Å²) in [6, 6.07) is 4.65. The molecule has 7 nitrogen and oxygen atoms in total. The zero-order valence-corrected chi connectivity index (χ0v) is 16.1. The second-order valence-corrected chi connectivity index (χ2v) is 5.95. The molecule has 152 valence electrons. The van der Waals surface area contributed by atoms with Crippen LogP contribution in [0.5, 0.6) is 11.5 Å². The third-order valence-corrected chi connectivity index (χ3v) is 3.33. The number of ether oxygens (including phenoxy) is 2. The molecule has 27 heavy (non-hydrogen) atoms. The van der Waals surface area contributed by atoms with Gasteiger partial charge in [-0.3, -0.25) is 4.79 Å². The van der Waals surface area contributed by atoms with E-state index >= 15 is 0 Å². The van der Waals surface area contributed by atoms with Crippen LogP contribution in [-0.2, 0) is 11.3 Å². The van der Waals surface area contributed by atoms with Gasteiger partial charge in [0.15, 0.2) is 5.96 Å². The summed E-state index contributed by atoms with van der Waals surface area (Å²) in [5.41, 5.74) is 0.462. The maximum atomic E-state index is 12.6. The molecular formula is C18H28F2N4O3. The fourth-order valence-electron chi connectivity index (χ4n) is 2.21. The SMILES string of the molecule is CCNC(=NCc1cc(OC)ccc1OC(F)F)NCCC(=O)NC(C)C. The maximum absolute atomic E-state index is 12.6. The van der Waals surface area contributed by atoms with E-state index in [1.165, 1.54) is 13.2 Å². The van der Waals surface area contributed by atoms with Crippen LogP contribution in [0.4, 0.5) is 8.78 Å². The van der Waals surface area contributed by atoms with E-state index in [1.54, 1.807) is 12.1 Å².